The van der Waals surface area contributed by atoms with Gasteiger partial charge in [0.05, 0.1) is 10.6 Å². The molecule has 1 aliphatic rings. The molecule has 1 aromatic carbocycles. The lowest BCUT2D eigenvalue weighted by Gasteiger charge is -2.35. The Morgan fingerprint density at radius 2 is 1.95 bits per heavy atom. The van der Waals surface area contributed by atoms with E-state index in [1.54, 1.807) is 18.2 Å². The van der Waals surface area contributed by atoms with Gasteiger partial charge in [0.2, 0.25) is 0 Å². The highest BCUT2D eigenvalue weighted by Crippen LogP contribution is 2.21. The summed E-state index contributed by atoms with van der Waals surface area (Å²) >= 11 is 6.10. The molecule has 4 nitrogen and oxygen atoms in total. The van der Waals surface area contributed by atoms with Crippen LogP contribution in [-0.4, -0.2) is 48.4 Å². The number of anilines is 1. The lowest BCUT2D eigenvalue weighted by atomic mass is 10.1. The topological polar surface area (TPSA) is 49.6 Å². The predicted molar refractivity (Wildman–Crippen MR) is 83.0 cm³/mol. The number of nitrogen functional groups attached to an aromatic ring is 1. The summed E-state index contributed by atoms with van der Waals surface area (Å²) in [5, 5.41) is 0.430. The van der Waals surface area contributed by atoms with Crippen molar-refractivity contribution in [3.05, 3.63) is 28.8 Å². The van der Waals surface area contributed by atoms with Gasteiger partial charge in [0.1, 0.15) is 0 Å². The third-order valence-corrected chi connectivity index (χ3v) is 3.82. The normalized spacial score (nSPS) is 16.7. The van der Waals surface area contributed by atoms with Crippen molar-refractivity contribution in [3.63, 3.8) is 0 Å². The molecule has 0 bridgehead atoms. The molecule has 0 aliphatic carbocycles. The van der Waals surface area contributed by atoms with Crippen LogP contribution in [0.3, 0.4) is 0 Å². The van der Waals surface area contributed by atoms with E-state index in [9.17, 15) is 4.79 Å². The van der Waals surface area contributed by atoms with E-state index in [1.165, 1.54) is 0 Å². The average molecular weight is 296 g/mol. The van der Waals surface area contributed by atoms with Crippen LogP contribution >= 0.6 is 11.6 Å². The minimum Gasteiger partial charge on any atom is -0.399 e. The number of rotatable bonds is 3. The second kappa shape index (κ2) is 6.46. The molecule has 1 saturated heterocycles. The summed E-state index contributed by atoms with van der Waals surface area (Å²) in [6.45, 7) is 8.88. The Hall–Kier alpha value is -1.26. The van der Waals surface area contributed by atoms with Gasteiger partial charge in [0.25, 0.3) is 5.91 Å². The van der Waals surface area contributed by atoms with Gasteiger partial charge in [0, 0.05) is 38.4 Å². The smallest absolute Gasteiger partial charge is 0.255 e. The molecular weight excluding hydrogens is 274 g/mol. The van der Waals surface area contributed by atoms with Crippen LogP contribution < -0.4 is 5.73 Å². The molecule has 0 spiro atoms. The summed E-state index contributed by atoms with van der Waals surface area (Å²) in [6.07, 6.45) is 0. The van der Waals surface area contributed by atoms with Crippen LogP contribution in [0.2, 0.25) is 5.02 Å². The van der Waals surface area contributed by atoms with Crippen molar-refractivity contribution >= 4 is 23.2 Å². The van der Waals surface area contributed by atoms with Crippen molar-refractivity contribution in [2.45, 2.75) is 13.8 Å². The zero-order chi connectivity index (χ0) is 14.7. The van der Waals surface area contributed by atoms with Gasteiger partial charge in [-0.2, -0.15) is 0 Å². The molecule has 0 atom stereocenters. The summed E-state index contributed by atoms with van der Waals surface area (Å²) in [6, 6.07) is 5.05. The van der Waals surface area contributed by atoms with Crippen LogP contribution in [0.4, 0.5) is 5.69 Å². The SMILES string of the molecule is CC(C)CN1CCN(C(=O)c2ccc(N)cc2Cl)CC1. The molecule has 2 rings (SSSR count). The maximum atomic E-state index is 12.4. The van der Waals surface area contributed by atoms with E-state index in [2.05, 4.69) is 18.7 Å². The molecule has 110 valence electrons. The van der Waals surface area contributed by atoms with Crippen LogP contribution in [0.15, 0.2) is 18.2 Å². The molecule has 1 amide bonds. The third kappa shape index (κ3) is 3.64. The lowest BCUT2D eigenvalue weighted by molar-refractivity contribution is 0.0624. The molecule has 0 unspecified atom stereocenters. The Morgan fingerprint density at radius 1 is 1.30 bits per heavy atom. The molecule has 1 fully saturated rings. The minimum absolute atomic E-state index is 0.000744. The number of nitrogens with two attached hydrogens (primary N) is 1. The first-order valence-corrected chi connectivity index (χ1v) is 7.42. The molecule has 0 radical (unpaired) electrons. The maximum Gasteiger partial charge on any atom is 0.255 e. The number of hydrogen-bond donors (Lipinski definition) is 1. The minimum atomic E-state index is -0.000744. The van der Waals surface area contributed by atoms with Crippen molar-refractivity contribution in [1.82, 2.24) is 9.80 Å². The standard InChI is InChI=1S/C15H22ClN3O/c1-11(2)10-18-5-7-19(8-6-18)15(20)13-4-3-12(17)9-14(13)16/h3-4,9,11H,5-8,10,17H2,1-2H3. The summed E-state index contributed by atoms with van der Waals surface area (Å²) < 4.78 is 0. The first-order chi connectivity index (χ1) is 9.47. The number of halogens is 1. The molecule has 1 heterocycles. The molecular formula is C15H22ClN3O. The van der Waals surface area contributed by atoms with Gasteiger partial charge in [-0.1, -0.05) is 25.4 Å². The largest absolute Gasteiger partial charge is 0.399 e. The molecule has 2 N–H and O–H groups in total. The van der Waals surface area contributed by atoms with Crippen LogP contribution in [0.25, 0.3) is 0 Å². The van der Waals surface area contributed by atoms with Gasteiger partial charge < -0.3 is 10.6 Å². The molecule has 0 saturated carbocycles. The van der Waals surface area contributed by atoms with Crippen LogP contribution in [0, 0.1) is 5.92 Å². The van der Waals surface area contributed by atoms with E-state index in [0.29, 0.717) is 22.2 Å². The Kier molecular flexibility index (Phi) is 4.89. The molecule has 5 heteroatoms. The Morgan fingerprint density at radius 3 is 2.50 bits per heavy atom. The number of benzene rings is 1. The van der Waals surface area contributed by atoms with Gasteiger partial charge in [-0.25, -0.2) is 0 Å². The van der Waals surface area contributed by atoms with Crippen molar-refractivity contribution < 1.29 is 4.79 Å². The van der Waals surface area contributed by atoms with E-state index < -0.39 is 0 Å². The number of piperazine rings is 1. The second-order valence-electron chi connectivity index (χ2n) is 5.73. The Balaban J connectivity index is 1.98. The maximum absolute atomic E-state index is 12.4. The summed E-state index contributed by atoms with van der Waals surface area (Å²) in [5.74, 6) is 0.656. The zero-order valence-electron chi connectivity index (χ0n) is 12.1. The van der Waals surface area contributed by atoms with Gasteiger partial charge in [-0.05, 0) is 24.1 Å². The first kappa shape index (κ1) is 15.1. The average Bonchev–Trinajstić information content (AvgIpc) is 2.38. The molecule has 1 aliphatic heterocycles. The van der Waals surface area contributed by atoms with Crippen molar-refractivity contribution in [3.8, 4) is 0 Å². The van der Waals surface area contributed by atoms with Crippen molar-refractivity contribution in [1.29, 1.82) is 0 Å². The summed E-state index contributed by atoms with van der Waals surface area (Å²) in [7, 11) is 0. The highest BCUT2D eigenvalue weighted by atomic mass is 35.5. The number of nitrogens with zero attached hydrogens (tertiary/aromatic N) is 2. The third-order valence-electron chi connectivity index (χ3n) is 3.51. The summed E-state index contributed by atoms with van der Waals surface area (Å²) in [5.41, 5.74) is 6.77. The fourth-order valence-electron chi connectivity index (χ4n) is 2.53. The number of amides is 1. The second-order valence-corrected chi connectivity index (χ2v) is 6.13. The van der Waals surface area contributed by atoms with E-state index in [0.717, 1.165) is 32.7 Å². The van der Waals surface area contributed by atoms with E-state index in [4.69, 9.17) is 17.3 Å². The summed E-state index contributed by atoms with van der Waals surface area (Å²) in [4.78, 5) is 16.7. The van der Waals surface area contributed by atoms with E-state index in [1.807, 2.05) is 4.90 Å². The molecule has 1 aromatic rings. The predicted octanol–water partition coefficient (Wildman–Crippen LogP) is 2.34. The number of carbonyl (C=O) groups excluding carboxylic acids is 1. The van der Waals surface area contributed by atoms with Crippen LogP contribution in [-0.2, 0) is 0 Å². The number of hydrogen-bond acceptors (Lipinski definition) is 3. The van der Waals surface area contributed by atoms with Crippen LogP contribution in [0.1, 0.15) is 24.2 Å². The first-order valence-electron chi connectivity index (χ1n) is 7.04. The highest BCUT2D eigenvalue weighted by Gasteiger charge is 2.23. The van der Waals surface area contributed by atoms with E-state index >= 15 is 0 Å². The van der Waals surface area contributed by atoms with Gasteiger partial charge in [-0.15, -0.1) is 0 Å². The fraction of sp³-hybridized carbons (Fsp3) is 0.533. The highest BCUT2D eigenvalue weighted by molar-refractivity contribution is 6.34. The fourth-order valence-corrected chi connectivity index (χ4v) is 2.79. The van der Waals surface area contributed by atoms with Crippen molar-refractivity contribution in [2.24, 2.45) is 5.92 Å². The Labute approximate surface area is 125 Å². The quantitative estimate of drug-likeness (QED) is 0.871. The zero-order valence-corrected chi connectivity index (χ0v) is 12.9. The van der Waals surface area contributed by atoms with Crippen molar-refractivity contribution in [2.75, 3.05) is 38.5 Å². The molecule has 20 heavy (non-hydrogen) atoms. The monoisotopic (exact) mass is 295 g/mol. The molecule has 0 aromatic heterocycles. The van der Waals surface area contributed by atoms with Gasteiger partial charge >= 0.3 is 0 Å². The van der Waals surface area contributed by atoms with E-state index in [-0.39, 0.29) is 5.91 Å². The van der Waals surface area contributed by atoms with Gasteiger partial charge in [0.15, 0.2) is 0 Å². The van der Waals surface area contributed by atoms with Gasteiger partial charge in [-0.3, -0.25) is 9.69 Å². The Bertz CT molecular complexity index is 482. The number of carbonyl (C=O) groups is 1. The lowest BCUT2D eigenvalue weighted by Crippen LogP contribution is -2.49. The van der Waals surface area contributed by atoms with Crippen LogP contribution in [0.5, 0.6) is 0 Å².